The van der Waals surface area contributed by atoms with E-state index in [1.54, 1.807) is 17.7 Å². The van der Waals surface area contributed by atoms with Crippen molar-refractivity contribution in [2.24, 2.45) is 5.10 Å². The van der Waals surface area contributed by atoms with E-state index >= 15 is 0 Å². The largest absolute Gasteiger partial charge is 0.351 e. The van der Waals surface area contributed by atoms with Gasteiger partial charge in [-0.2, -0.15) is 5.10 Å². The third-order valence-electron chi connectivity index (χ3n) is 3.30. The number of amides is 2. The average Bonchev–Trinajstić information content (AvgIpc) is 3.18. The van der Waals surface area contributed by atoms with E-state index < -0.39 is 0 Å². The quantitative estimate of drug-likeness (QED) is 0.769. The van der Waals surface area contributed by atoms with Crippen LogP contribution in [0.15, 0.2) is 28.9 Å². The number of aromatic nitrogens is 2. The van der Waals surface area contributed by atoms with E-state index in [0.717, 1.165) is 16.3 Å². The first-order chi connectivity index (χ1) is 10.7. The molecule has 2 amide bonds. The number of hydrogen-bond acceptors (Lipinski definition) is 5. The maximum absolute atomic E-state index is 11.9. The van der Waals surface area contributed by atoms with Crippen molar-refractivity contribution < 1.29 is 9.59 Å². The number of nitrogens with zero attached hydrogens (tertiary/aromatic N) is 2. The minimum atomic E-state index is -0.239. The molecule has 3 rings (SSSR count). The van der Waals surface area contributed by atoms with Crippen LogP contribution < -0.4 is 10.7 Å². The Morgan fingerprint density at radius 1 is 1.41 bits per heavy atom. The van der Waals surface area contributed by atoms with Gasteiger partial charge in [-0.05, 0) is 11.4 Å². The predicted molar refractivity (Wildman–Crippen MR) is 83.4 cm³/mol. The van der Waals surface area contributed by atoms with Gasteiger partial charge >= 0.3 is 0 Å². The predicted octanol–water partition coefficient (Wildman–Crippen LogP) is 1.06. The number of imidazole rings is 1. The number of nitrogens with one attached hydrogen (secondary N) is 3. The number of aromatic amines is 1. The van der Waals surface area contributed by atoms with Crippen LogP contribution >= 0.6 is 11.3 Å². The second kappa shape index (κ2) is 6.52. The normalized spacial score (nSPS) is 14.4. The summed E-state index contributed by atoms with van der Waals surface area (Å²) in [7, 11) is 0. The van der Waals surface area contributed by atoms with Gasteiger partial charge in [0.2, 0.25) is 5.91 Å². The Bertz CT molecular complexity index is 705. The first-order valence-corrected chi connectivity index (χ1v) is 7.81. The summed E-state index contributed by atoms with van der Waals surface area (Å²) in [6, 6.07) is 4.00. The number of hydrazone groups is 1. The lowest BCUT2D eigenvalue weighted by Crippen LogP contribution is -2.37. The summed E-state index contributed by atoms with van der Waals surface area (Å²) >= 11 is 1.63. The molecule has 0 unspecified atom stereocenters. The van der Waals surface area contributed by atoms with Crippen LogP contribution in [0.3, 0.4) is 0 Å². The lowest BCUT2D eigenvalue weighted by atomic mass is 10.1. The van der Waals surface area contributed by atoms with Crippen LogP contribution in [0.4, 0.5) is 0 Å². The fourth-order valence-electron chi connectivity index (χ4n) is 2.18. The van der Waals surface area contributed by atoms with E-state index in [1.165, 1.54) is 0 Å². The zero-order valence-electron chi connectivity index (χ0n) is 11.8. The van der Waals surface area contributed by atoms with Crippen LogP contribution in [0.1, 0.15) is 18.5 Å². The molecule has 0 saturated carbocycles. The summed E-state index contributed by atoms with van der Waals surface area (Å²) in [5, 5.41) is 8.59. The van der Waals surface area contributed by atoms with Crippen LogP contribution in [0, 0.1) is 0 Å². The molecular weight excluding hydrogens is 302 g/mol. The van der Waals surface area contributed by atoms with Crippen molar-refractivity contribution in [2.45, 2.75) is 19.3 Å². The molecule has 1 aliphatic heterocycles. The van der Waals surface area contributed by atoms with E-state index in [2.05, 4.69) is 25.8 Å². The lowest BCUT2D eigenvalue weighted by molar-refractivity contribution is -0.121. The first kappa shape index (κ1) is 14.5. The van der Waals surface area contributed by atoms with Gasteiger partial charge in [0, 0.05) is 31.5 Å². The van der Waals surface area contributed by atoms with Crippen molar-refractivity contribution >= 4 is 28.9 Å². The molecule has 2 aromatic rings. The highest BCUT2D eigenvalue weighted by atomic mass is 32.1. The van der Waals surface area contributed by atoms with E-state index in [0.29, 0.717) is 31.5 Å². The van der Waals surface area contributed by atoms with Crippen LogP contribution in [0.2, 0.25) is 0 Å². The number of hydrogen-bond donors (Lipinski definition) is 3. The lowest BCUT2D eigenvalue weighted by Gasteiger charge is -2.11. The van der Waals surface area contributed by atoms with E-state index in [9.17, 15) is 9.59 Å². The van der Waals surface area contributed by atoms with Gasteiger partial charge in [-0.1, -0.05) is 6.07 Å². The molecule has 8 heteroatoms. The molecule has 0 fully saturated rings. The zero-order valence-corrected chi connectivity index (χ0v) is 12.6. The summed E-state index contributed by atoms with van der Waals surface area (Å²) in [5.74, 6) is -0.396. The third-order valence-corrected chi connectivity index (χ3v) is 4.18. The molecule has 0 bridgehead atoms. The van der Waals surface area contributed by atoms with Crippen LogP contribution in [0.5, 0.6) is 0 Å². The zero-order chi connectivity index (χ0) is 15.4. The Labute approximate surface area is 130 Å². The van der Waals surface area contributed by atoms with Gasteiger partial charge in [0.15, 0.2) is 0 Å². The molecule has 0 atom stereocenters. The molecule has 114 valence electrons. The van der Waals surface area contributed by atoms with Gasteiger partial charge in [-0.25, -0.2) is 10.4 Å². The Morgan fingerprint density at radius 2 is 2.32 bits per heavy atom. The monoisotopic (exact) mass is 317 g/mol. The molecule has 0 radical (unpaired) electrons. The minimum Gasteiger partial charge on any atom is -0.351 e. The Morgan fingerprint density at radius 3 is 3.05 bits per heavy atom. The van der Waals surface area contributed by atoms with Gasteiger partial charge < -0.3 is 10.3 Å². The highest BCUT2D eigenvalue weighted by molar-refractivity contribution is 7.13. The van der Waals surface area contributed by atoms with Crippen molar-refractivity contribution in [3.63, 3.8) is 0 Å². The fraction of sp³-hybridized carbons (Fsp3) is 0.286. The van der Waals surface area contributed by atoms with Crippen molar-refractivity contribution in [1.29, 1.82) is 0 Å². The molecule has 0 aliphatic carbocycles. The molecule has 3 N–H and O–H groups in total. The van der Waals surface area contributed by atoms with E-state index in [-0.39, 0.29) is 11.8 Å². The van der Waals surface area contributed by atoms with Crippen LogP contribution in [0.25, 0.3) is 10.6 Å². The second-order valence-electron chi connectivity index (χ2n) is 4.81. The summed E-state index contributed by atoms with van der Waals surface area (Å²) in [6.45, 7) is 0.479. The van der Waals surface area contributed by atoms with Gasteiger partial charge in [0.1, 0.15) is 11.4 Å². The van der Waals surface area contributed by atoms with Crippen LogP contribution in [-0.2, 0) is 16.0 Å². The van der Waals surface area contributed by atoms with Crippen LogP contribution in [-0.4, -0.2) is 34.0 Å². The first-order valence-electron chi connectivity index (χ1n) is 6.94. The Hall–Kier alpha value is -2.48. The number of rotatable bonds is 5. The number of thiophene rings is 1. The highest BCUT2D eigenvalue weighted by Gasteiger charge is 2.18. The smallest absolute Gasteiger partial charge is 0.267 e. The van der Waals surface area contributed by atoms with Crippen molar-refractivity contribution in [3.05, 3.63) is 29.5 Å². The van der Waals surface area contributed by atoms with Crippen molar-refractivity contribution in [3.8, 4) is 10.6 Å². The third kappa shape index (κ3) is 3.22. The van der Waals surface area contributed by atoms with Crippen molar-refractivity contribution in [1.82, 2.24) is 20.7 Å². The molecule has 3 heterocycles. The summed E-state index contributed by atoms with van der Waals surface area (Å²) < 4.78 is 0. The summed E-state index contributed by atoms with van der Waals surface area (Å²) in [4.78, 5) is 31.5. The minimum absolute atomic E-state index is 0.158. The molecule has 1 aliphatic rings. The number of carbonyl (C=O) groups excluding carboxylic acids is 2. The molecule has 2 aromatic heterocycles. The maximum Gasteiger partial charge on any atom is 0.267 e. The molecule has 0 spiro atoms. The van der Waals surface area contributed by atoms with Crippen molar-refractivity contribution in [2.75, 3.05) is 6.54 Å². The summed E-state index contributed by atoms with van der Waals surface area (Å²) in [5.41, 5.74) is 4.59. The number of carbonyl (C=O) groups is 2. The van der Waals surface area contributed by atoms with Gasteiger partial charge in [0.25, 0.3) is 5.91 Å². The maximum atomic E-state index is 11.9. The van der Waals surface area contributed by atoms with Gasteiger partial charge in [-0.15, -0.1) is 11.3 Å². The SMILES string of the molecule is O=C1CCC(C(=O)NCCc2[nH]cnc2-c2cccs2)=NN1. The van der Waals surface area contributed by atoms with E-state index in [1.807, 2.05) is 17.5 Å². The second-order valence-corrected chi connectivity index (χ2v) is 5.75. The molecule has 0 saturated heterocycles. The van der Waals surface area contributed by atoms with Gasteiger partial charge in [-0.3, -0.25) is 9.59 Å². The topological polar surface area (TPSA) is 99.2 Å². The van der Waals surface area contributed by atoms with E-state index in [4.69, 9.17) is 0 Å². The molecular formula is C14H15N5O2S. The fourth-order valence-corrected chi connectivity index (χ4v) is 2.93. The highest BCUT2D eigenvalue weighted by Crippen LogP contribution is 2.25. The average molecular weight is 317 g/mol. The molecule has 7 nitrogen and oxygen atoms in total. The Kier molecular flexibility index (Phi) is 4.29. The summed E-state index contributed by atoms with van der Waals surface area (Å²) in [6.07, 6.45) is 2.99. The number of H-pyrrole nitrogens is 1. The molecule has 22 heavy (non-hydrogen) atoms. The van der Waals surface area contributed by atoms with Gasteiger partial charge in [0.05, 0.1) is 11.2 Å². The molecule has 0 aromatic carbocycles. The Balaban J connectivity index is 1.55. The standard InChI is InChI=1S/C14H15N5O2S/c20-12-4-3-10(18-19-12)14(21)15-6-5-9-13(17-8-16-9)11-2-1-7-22-11/h1-2,7-8H,3-6H2,(H,15,21)(H,16,17)(H,19,20).